The topological polar surface area (TPSA) is 24.5 Å². The van der Waals surface area contributed by atoms with Crippen LogP contribution in [0.5, 0.6) is 0 Å². The summed E-state index contributed by atoms with van der Waals surface area (Å²) >= 11 is 0. The SMILES string of the molecule is CC(C)C(CN(C)C)NCCOC(F)(F)F. The third-order valence-electron chi connectivity index (χ3n) is 2.14. The molecule has 0 aliphatic rings. The van der Waals surface area contributed by atoms with E-state index in [1.54, 1.807) is 0 Å². The van der Waals surface area contributed by atoms with Gasteiger partial charge in [0.15, 0.2) is 0 Å². The van der Waals surface area contributed by atoms with Gasteiger partial charge in [0.05, 0.1) is 6.61 Å². The van der Waals surface area contributed by atoms with Gasteiger partial charge in [-0.3, -0.25) is 4.74 Å². The van der Waals surface area contributed by atoms with Crippen molar-refractivity contribution in [3.05, 3.63) is 0 Å². The Morgan fingerprint density at radius 1 is 1.25 bits per heavy atom. The molecule has 0 radical (unpaired) electrons. The number of nitrogens with zero attached hydrogens (tertiary/aromatic N) is 1. The predicted molar refractivity (Wildman–Crippen MR) is 57.2 cm³/mol. The summed E-state index contributed by atoms with van der Waals surface area (Å²) in [5.74, 6) is 0.369. The molecule has 0 heterocycles. The third kappa shape index (κ3) is 8.94. The van der Waals surface area contributed by atoms with E-state index in [1.807, 2.05) is 32.8 Å². The Kier molecular flexibility index (Phi) is 6.94. The van der Waals surface area contributed by atoms with Crippen LogP contribution >= 0.6 is 0 Å². The first-order valence-electron chi connectivity index (χ1n) is 5.31. The Morgan fingerprint density at radius 3 is 2.19 bits per heavy atom. The van der Waals surface area contributed by atoms with Crippen molar-refractivity contribution < 1.29 is 17.9 Å². The smallest absolute Gasteiger partial charge is 0.310 e. The van der Waals surface area contributed by atoms with Crippen molar-refractivity contribution in [2.45, 2.75) is 26.3 Å². The van der Waals surface area contributed by atoms with Crippen LogP contribution in [0, 0.1) is 5.92 Å². The molecule has 0 aromatic heterocycles. The van der Waals surface area contributed by atoms with Crippen LogP contribution in [-0.4, -0.2) is 51.1 Å². The van der Waals surface area contributed by atoms with Gasteiger partial charge in [0, 0.05) is 19.1 Å². The maximum Gasteiger partial charge on any atom is 0.522 e. The minimum atomic E-state index is -4.53. The van der Waals surface area contributed by atoms with Gasteiger partial charge in [0.2, 0.25) is 0 Å². The Hall–Kier alpha value is -0.330. The van der Waals surface area contributed by atoms with Gasteiger partial charge in [0.25, 0.3) is 0 Å². The summed E-state index contributed by atoms with van der Waals surface area (Å²) in [5.41, 5.74) is 0. The molecule has 0 aliphatic heterocycles. The lowest BCUT2D eigenvalue weighted by atomic mass is 10.0. The maximum atomic E-state index is 11.7. The van der Waals surface area contributed by atoms with E-state index in [-0.39, 0.29) is 19.2 Å². The van der Waals surface area contributed by atoms with Crippen molar-refractivity contribution in [3.63, 3.8) is 0 Å². The minimum Gasteiger partial charge on any atom is -0.310 e. The van der Waals surface area contributed by atoms with E-state index in [0.29, 0.717) is 5.92 Å². The van der Waals surface area contributed by atoms with Crippen LogP contribution in [0.2, 0.25) is 0 Å². The van der Waals surface area contributed by atoms with Gasteiger partial charge in [0.1, 0.15) is 0 Å². The molecule has 1 N–H and O–H groups in total. The molecule has 3 nitrogen and oxygen atoms in total. The molecule has 1 atom stereocenters. The molecular weight excluding hydrogens is 221 g/mol. The van der Waals surface area contributed by atoms with Gasteiger partial charge < -0.3 is 10.2 Å². The number of halogens is 3. The summed E-state index contributed by atoms with van der Waals surface area (Å²) < 4.78 is 38.8. The van der Waals surface area contributed by atoms with Crippen molar-refractivity contribution in [3.8, 4) is 0 Å². The molecule has 0 aromatic carbocycles. The van der Waals surface area contributed by atoms with Crippen LogP contribution in [0.1, 0.15) is 13.8 Å². The third-order valence-corrected chi connectivity index (χ3v) is 2.14. The monoisotopic (exact) mass is 242 g/mol. The second-order valence-corrected chi connectivity index (χ2v) is 4.36. The second-order valence-electron chi connectivity index (χ2n) is 4.36. The van der Waals surface area contributed by atoms with Crippen molar-refractivity contribution in [2.24, 2.45) is 5.92 Å². The molecule has 6 heteroatoms. The summed E-state index contributed by atoms with van der Waals surface area (Å²) in [6.07, 6.45) is -4.53. The second kappa shape index (κ2) is 7.09. The predicted octanol–water partition coefficient (Wildman–Crippen LogP) is 1.70. The van der Waals surface area contributed by atoms with Gasteiger partial charge in [-0.25, -0.2) is 0 Å². The average molecular weight is 242 g/mol. The number of alkyl halides is 3. The first-order valence-corrected chi connectivity index (χ1v) is 5.31. The highest BCUT2D eigenvalue weighted by Crippen LogP contribution is 2.15. The summed E-state index contributed by atoms with van der Waals surface area (Å²) in [7, 11) is 3.87. The number of nitrogens with one attached hydrogen (secondary N) is 1. The van der Waals surface area contributed by atoms with E-state index in [4.69, 9.17) is 0 Å². The van der Waals surface area contributed by atoms with E-state index >= 15 is 0 Å². The molecular formula is C10H21F3N2O. The molecule has 0 aromatic rings. The van der Waals surface area contributed by atoms with E-state index in [9.17, 15) is 13.2 Å². The molecule has 16 heavy (non-hydrogen) atoms. The van der Waals surface area contributed by atoms with Crippen molar-refractivity contribution >= 4 is 0 Å². The number of ether oxygens (including phenoxy) is 1. The molecule has 0 saturated heterocycles. The number of likely N-dealkylation sites (N-methyl/N-ethyl adjacent to an activating group) is 1. The van der Waals surface area contributed by atoms with E-state index in [0.717, 1.165) is 6.54 Å². The molecule has 0 fully saturated rings. The Labute approximate surface area is 94.9 Å². The fourth-order valence-electron chi connectivity index (χ4n) is 1.32. The molecule has 0 rings (SSSR count). The molecule has 0 bridgehead atoms. The Bertz CT molecular complexity index is 183. The molecule has 0 amide bonds. The van der Waals surface area contributed by atoms with E-state index in [2.05, 4.69) is 10.1 Å². The van der Waals surface area contributed by atoms with Gasteiger partial charge in [-0.05, 0) is 20.0 Å². The highest BCUT2D eigenvalue weighted by molar-refractivity contribution is 4.72. The van der Waals surface area contributed by atoms with Crippen LogP contribution in [0.15, 0.2) is 0 Å². The minimum absolute atomic E-state index is 0.173. The van der Waals surface area contributed by atoms with Gasteiger partial charge in [-0.2, -0.15) is 0 Å². The fraction of sp³-hybridized carbons (Fsp3) is 1.00. The average Bonchev–Trinajstić information content (AvgIpc) is 2.07. The molecule has 0 spiro atoms. The van der Waals surface area contributed by atoms with E-state index < -0.39 is 6.36 Å². The van der Waals surface area contributed by atoms with Crippen molar-refractivity contribution in [1.29, 1.82) is 0 Å². The van der Waals surface area contributed by atoms with Crippen LogP contribution in [0.25, 0.3) is 0 Å². The summed E-state index contributed by atoms with van der Waals surface area (Å²) in [5, 5.41) is 3.06. The van der Waals surface area contributed by atoms with Crippen LogP contribution in [0.4, 0.5) is 13.2 Å². The number of rotatable bonds is 7. The van der Waals surface area contributed by atoms with Crippen molar-refractivity contribution in [2.75, 3.05) is 33.8 Å². The van der Waals surface area contributed by atoms with E-state index in [1.165, 1.54) is 0 Å². The van der Waals surface area contributed by atoms with Crippen molar-refractivity contribution in [1.82, 2.24) is 10.2 Å². The zero-order valence-corrected chi connectivity index (χ0v) is 10.3. The molecule has 0 aliphatic carbocycles. The highest BCUT2D eigenvalue weighted by atomic mass is 19.4. The largest absolute Gasteiger partial charge is 0.522 e. The summed E-state index contributed by atoms with van der Waals surface area (Å²) in [4.78, 5) is 2.00. The maximum absolute atomic E-state index is 11.7. The van der Waals surface area contributed by atoms with Gasteiger partial charge in [-0.1, -0.05) is 13.8 Å². The lowest BCUT2D eigenvalue weighted by molar-refractivity contribution is -0.323. The highest BCUT2D eigenvalue weighted by Gasteiger charge is 2.28. The van der Waals surface area contributed by atoms with Crippen LogP contribution in [-0.2, 0) is 4.74 Å². The fourth-order valence-corrected chi connectivity index (χ4v) is 1.32. The molecule has 0 saturated carbocycles. The normalized spacial score (nSPS) is 14.8. The summed E-state index contributed by atoms with van der Waals surface area (Å²) in [6, 6.07) is 0.173. The quantitative estimate of drug-likeness (QED) is 0.688. The lowest BCUT2D eigenvalue weighted by Crippen LogP contribution is -2.43. The Balaban J connectivity index is 3.77. The van der Waals surface area contributed by atoms with Crippen LogP contribution in [0.3, 0.4) is 0 Å². The number of hydrogen-bond acceptors (Lipinski definition) is 3. The molecule has 1 unspecified atom stereocenters. The number of hydrogen-bond donors (Lipinski definition) is 1. The van der Waals surface area contributed by atoms with Crippen LogP contribution < -0.4 is 5.32 Å². The first-order chi connectivity index (χ1) is 7.22. The first kappa shape index (κ1) is 15.7. The van der Waals surface area contributed by atoms with Gasteiger partial charge >= 0.3 is 6.36 Å². The standard InChI is InChI=1S/C10H21F3N2O/c1-8(2)9(7-15(3)4)14-5-6-16-10(11,12)13/h8-9,14H,5-7H2,1-4H3. The Morgan fingerprint density at radius 2 is 1.81 bits per heavy atom. The van der Waals surface area contributed by atoms with Gasteiger partial charge in [-0.15, -0.1) is 13.2 Å². The summed E-state index contributed by atoms with van der Waals surface area (Å²) in [6.45, 7) is 4.72. The zero-order chi connectivity index (χ0) is 12.8. The molecule has 98 valence electrons. The lowest BCUT2D eigenvalue weighted by Gasteiger charge is -2.25. The zero-order valence-electron chi connectivity index (χ0n) is 10.3.